The zero-order valence-electron chi connectivity index (χ0n) is 13.3. The van der Waals surface area contributed by atoms with Crippen LogP contribution in [0.5, 0.6) is 5.75 Å². The van der Waals surface area contributed by atoms with Crippen LogP contribution in [-0.2, 0) is 4.79 Å². The molecule has 1 amide bonds. The summed E-state index contributed by atoms with van der Waals surface area (Å²) in [6.07, 6.45) is 0. The maximum Gasteiger partial charge on any atom is 0.238 e. The highest BCUT2D eigenvalue weighted by Crippen LogP contribution is 2.15. The first-order valence-electron chi connectivity index (χ1n) is 7.44. The van der Waals surface area contributed by atoms with E-state index in [1.165, 1.54) is 0 Å². The van der Waals surface area contributed by atoms with Crippen LogP contribution < -0.4 is 10.1 Å². The normalized spacial score (nSPS) is 10.2. The molecule has 2 aromatic carbocycles. The van der Waals surface area contributed by atoms with E-state index < -0.39 is 0 Å². The highest BCUT2D eigenvalue weighted by Gasteiger charge is 2.07. The van der Waals surface area contributed by atoms with E-state index in [-0.39, 0.29) is 12.5 Å². The lowest BCUT2D eigenvalue weighted by Crippen LogP contribution is -2.33. The Hall–Kier alpha value is -2.55. The molecule has 0 aliphatic carbocycles. The molecule has 1 N–H and O–H groups in total. The monoisotopic (exact) mass is 343 g/mol. The van der Waals surface area contributed by atoms with Gasteiger partial charge in [-0.05, 0) is 43.4 Å². The number of nitriles is 1. The molecule has 0 aliphatic heterocycles. The SMILES string of the molecule is CN(CCOc1cccc(C#N)c1)CC(=O)Nc1cccc(Cl)c1. The quantitative estimate of drug-likeness (QED) is 0.838. The lowest BCUT2D eigenvalue weighted by molar-refractivity contribution is -0.117. The van der Waals surface area contributed by atoms with Crippen LogP contribution in [0.25, 0.3) is 0 Å². The molecule has 0 radical (unpaired) electrons. The summed E-state index contributed by atoms with van der Waals surface area (Å²) in [4.78, 5) is 13.8. The van der Waals surface area contributed by atoms with Crippen LogP contribution in [0.15, 0.2) is 48.5 Å². The van der Waals surface area contributed by atoms with E-state index in [4.69, 9.17) is 21.6 Å². The van der Waals surface area contributed by atoms with Crippen LogP contribution in [-0.4, -0.2) is 37.6 Å². The van der Waals surface area contributed by atoms with Gasteiger partial charge in [-0.2, -0.15) is 5.26 Å². The molecule has 0 aliphatic rings. The molecule has 0 atom stereocenters. The third-order valence-electron chi connectivity index (χ3n) is 3.23. The molecule has 2 rings (SSSR count). The van der Waals surface area contributed by atoms with E-state index >= 15 is 0 Å². The van der Waals surface area contributed by atoms with Gasteiger partial charge in [-0.1, -0.05) is 23.7 Å². The molecular formula is C18H18ClN3O2. The molecule has 0 unspecified atom stereocenters. The summed E-state index contributed by atoms with van der Waals surface area (Å²) < 4.78 is 5.59. The van der Waals surface area contributed by atoms with Gasteiger partial charge in [0.05, 0.1) is 18.2 Å². The predicted octanol–water partition coefficient (Wildman–Crippen LogP) is 3.16. The third-order valence-corrected chi connectivity index (χ3v) is 3.46. The number of nitrogens with one attached hydrogen (secondary N) is 1. The smallest absolute Gasteiger partial charge is 0.238 e. The van der Waals surface area contributed by atoms with E-state index in [2.05, 4.69) is 11.4 Å². The number of rotatable bonds is 7. The topological polar surface area (TPSA) is 65.4 Å². The van der Waals surface area contributed by atoms with Crippen LogP contribution in [0.1, 0.15) is 5.56 Å². The molecule has 0 saturated carbocycles. The summed E-state index contributed by atoms with van der Waals surface area (Å²) in [5, 5.41) is 12.2. The minimum Gasteiger partial charge on any atom is -0.492 e. The molecule has 0 aromatic heterocycles. The van der Waals surface area contributed by atoms with E-state index in [1.807, 2.05) is 11.9 Å². The Kier molecular flexibility index (Phi) is 6.62. The minimum absolute atomic E-state index is 0.119. The molecule has 0 heterocycles. The molecule has 6 heteroatoms. The largest absolute Gasteiger partial charge is 0.492 e. The lowest BCUT2D eigenvalue weighted by atomic mass is 10.2. The van der Waals surface area contributed by atoms with Crippen LogP contribution in [0, 0.1) is 11.3 Å². The van der Waals surface area contributed by atoms with Gasteiger partial charge in [0, 0.05) is 17.3 Å². The third kappa shape index (κ3) is 5.92. The van der Waals surface area contributed by atoms with Crippen molar-refractivity contribution in [3.05, 3.63) is 59.1 Å². The average Bonchev–Trinajstić information content (AvgIpc) is 2.55. The Labute approximate surface area is 146 Å². The Bertz CT molecular complexity index is 743. The van der Waals surface area contributed by atoms with E-state index in [9.17, 15) is 4.79 Å². The van der Waals surface area contributed by atoms with Crippen molar-refractivity contribution >= 4 is 23.2 Å². The van der Waals surface area contributed by atoms with Gasteiger partial charge < -0.3 is 10.1 Å². The highest BCUT2D eigenvalue weighted by molar-refractivity contribution is 6.30. The second-order valence-electron chi connectivity index (χ2n) is 5.28. The fourth-order valence-electron chi connectivity index (χ4n) is 2.07. The Morgan fingerprint density at radius 1 is 1.29 bits per heavy atom. The Morgan fingerprint density at radius 3 is 2.83 bits per heavy atom. The number of ether oxygens (including phenoxy) is 1. The van der Waals surface area contributed by atoms with Gasteiger partial charge in [0.1, 0.15) is 12.4 Å². The van der Waals surface area contributed by atoms with Gasteiger partial charge in [0.25, 0.3) is 0 Å². The predicted molar refractivity (Wildman–Crippen MR) is 94.2 cm³/mol. The van der Waals surface area contributed by atoms with Crippen molar-refractivity contribution in [1.82, 2.24) is 4.90 Å². The number of carbonyl (C=O) groups excluding carboxylic acids is 1. The summed E-state index contributed by atoms with van der Waals surface area (Å²) in [5.74, 6) is 0.525. The van der Waals surface area contributed by atoms with Gasteiger partial charge in [-0.15, -0.1) is 0 Å². The minimum atomic E-state index is -0.119. The molecule has 24 heavy (non-hydrogen) atoms. The van der Waals surface area contributed by atoms with Gasteiger partial charge in [0.15, 0.2) is 0 Å². The van der Waals surface area contributed by atoms with Crippen LogP contribution >= 0.6 is 11.6 Å². The fourth-order valence-corrected chi connectivity index (χ4v) is 2.26. The van der Waals surface area contributed by atoms with Gasteiger partial charge in [0.2, 0.25) is 5.91 Å². The summed E-state index contributed by atoms with van der Waals surface area (Å²) in [5.41, 5.74) is 1.23. The first-order chi connectivity index (χ1) is 11.6. The van der Waals surface area contributed by atoms with Crippen molar-refractivity contribution in [2.45, 2.75) is 0 Å². The summed E-state index contributed by atoms with van der Waals surface area (Å²) in [6, 6.07) is 16.1. The lowest BCUT2D eigenvalue weighted by Gasteiger charge is -2.16. The van der Waals surface area contributed by atoms with Crippen molar-refractivity contribution in [3.63, 3.8) is 0 Å². The van der Waals surface area contributed by atoms with E-state index in [1.54, 1.807) is 48.5 Å². The molecule has 0 spiro atoms. The van der Waals surface area contributed by atoms with Crippen LogP contribution in [0.2, 0.25) is 5.02 Å². The summed E-state index contributed by atoms with van der Waals surface area (Å²) in [7, 11) is 1.84. The van der Waals surface area contributed by atoms with Crippen molar-refractivity contribution in [1.29, 1.82) is 5.26 Å². The number of anilines is 1. The average molecular weight is 344 g/mol. The van der Waals surface area contributed by atoms with Gasteiger partial charge in [-0.3, -0.25) is 9.69 Å². The zero-order chi connectivity index (χ0) is 17.4. The Morgan fingerprint density at radius 2 is 2.08 bits per heavy atom. The van der Waals surface area contributed by atoms with Crippen molar-refractivity contribution in [2.75, 3.05) is 32.1 Å². The second kappa shape index (κ2) is 8.92. The number of halogens is 1. The van der Waals surface area contributed by atoms with Crippen LogP contribution in [0.4, 0.5) is 5.69 Å². The van der Waals surface area contributed by atoms with Crippen molar-refractivity contribution in [3.8, 4) is 11.8 Å². The molecule has 0 bridgehead atoms. The maximum absolute atomic E-state index is 12.0. The van der Waals surface area contributed by atoms with Crippen molar-refractivity contribution in [2.24, 2.45) is 0 Å². The molecular weight excluding hydrogens is 326 g/mol. The number of hydrogen-bond donors (Lipinski definition) is 1. The number of likely N-dealkylation sites (N-methyl/N-ethyl adjacent to an activating group) is 1. The summed E-state index contributed by atoms with van der Waals surface area (Å²) in [6.45, 7) is 1.25. The molecule has 124 valence electrons. The number of benzene rings is 2. The first-order valence-corrected chi connectivity index (χ1v) is 7.81. The number of hydrogen-bond acceptors (Lipinski definition) is 4. The number of amides is 1. The highest BCUT2D eigenvalue weighted by atomic mass is 35.5. The molecule has 5 nitrogen and oxygen atoms in total. The van der Waals surface area contributed by atoms with Crippen molar-refractivity contribution < 1.29 is 9.53 Å². The number of carbonyl (C=O) groups is 1. The van der Waals surface area contributed by atoms with Gasteiger partial charge in [-0.25, -0.2) is 0 Å². The standard InChI is InChI=1S/C18H18ClN3O2/c1-22(8-9-24-17-7-2-4-14(10-17)12-20)13-18(23)21-16-6-3-5-15(19)11-16/h2-7,10-11H,8-9,13H2,1H3,(H,21,23). The molecule has 2 aromatic rings. The molecule has 0 saturated heterocycles. The molecule has 0 fully saturated rings. The van der Waals surface area contributed by atoms with Gasteiger partial charge >= 0.3 is 0 Å². The van der Waals surface area contributed by atoms with E-state index in [0.717, 1.165) is 0 Å². The Balaban J connectivity index is 1.73. The maximum atomic E-state index is 12.0. The second-order valence-corrected chi connectivity index (χ2v) is 5.72. The summed E-state index contributed by atoms with van der Waals surface area (Å²) >= 11 is 5.88. The zero-order valence-corrected chi connectivity index (χ0v) is 14.1. The van der Waals surface area contributed by atoms with E-state index in [0.29, 0.717) is 35.2 Å². The fraction of sp³-hybridized carbons (Fsp3) is 0.222. The number of nitrogens with zero attached hydrogens (tertiary/aromatic N) is 2. The first kappa shape index (κ1) is 17.8. The van der Waals surface area contributed by atoms with Crippen LogP contribution in [0.3, 0.4) is 0 Å².